The van der Waals surface area contributed by atoms with E-state index in [1.54, 1.807) is 0 Å². The first-order valence-electron chi connectivity index (χ1n) is 6.69. The molecule has 2 fully saturated rings. The summed E-state index contributed by atoms with van der Waals surface area (Å²) >= 11 is 3.12. The molecule has 0 aromatic heterocycles. The van der Waals surface area contributed by atoms with Crippen molar-refractivity contribution in [3.8, 4) is 0 Å². The summed E-state index contributed by atoms with van der Waals surface area (Å²) in [6, 6.07) is 3.90. The quantitative estimate of drug-likeness (QED) is 0.895. The molecule has 1 aromatic carbocycles. The minimum Gasteiger partial charge on any atom is -0.299 e. The van der Waals surface area contributed by atoms with Crippen LogP contribution in [0.4, 0.5) is 4.39 Å². The van der Waals surface area contributed by atoms with Crippen molar-refractivity contribution < 1.29 is 12.8 Å². The molecule has 0 spiro atoms. The molecule has 2 heterocycles. The van der Waals surface area contributed by atoms with Gasteiger partial charge in [-0.15, -0.1) is 0 Å². The predicted octanol–water partition coefficient (Wildman–Crippen LogP) is 2.10. The van der Waals surface area contributed by atoms with Crippen LogP contribution in [0.15, 0.2) is 27.6 Å². The van der Waals surface area contributed by atoms with Crippen LogP contribution < -0.4 is 4.72 Å². The van der Waals surface area contributed by atoms with Gasteiger partial charge in [-0.2, -0.15) is 0 Å². The maximum absolute atomic E-state index is 13.1. The third-order valence-corrected chi connectivity index (χ3v) is 6.56. The zero-order valence-corrected chi connectivity index (χ0v) is 13.3. The number of hydrogen-bond acceptors (Lipinski definition) is 3. The second kappa shape index (κ2) is 5.36. The van der Waals surface area contributed by atoms with E-state index in [0.29, 0.717) is 6.04 Å². The normalized spacial score (nSPS) is 26.9. The van der Waals surface area contributed by atoms with E-state index >= 15 is 0 Å². The molecule has 7 heteroatoms. The van der Waals surface area contributed by atoms with Crippen LogP contribution >= 0.6 is 15.9 Å². The van der Waals surface area contributed by atoms with E-state index in [1.807, 2.05) is 0 Å². The molecule has 2 aliphatic heterocycles. The van der Waals surface area contributed by atoms with E-state index in [0.717, 1.165) is 38.4 Å². The van der Waals surface area contributed by atoms with Crippen LogP contribution in [0.1, 0.15) is 19.3 Å². The number of nitrogens with one attached hydrogen (secondary N) is 1. The van der Waals surface area contributed by atoms with Gasteiger partial charge >= 0.3 is 0 Å². The molecule has 20 heavy (non-hydrogen) atoms. The summed E-state index contributed by atoms with van der Waals surface area (Å²) in [5.74, 6) is -0.460. The van der Waals surface area contributed by atoms with Gasteiger partial charge in [-0.1, -0.05) is 0 Å². The number of sulfonamides is 1. The number of fused-ring (bicyclic) bond motifs is 1. The summed E-state index contributed by atoms with van der Waals surface area (Å²) in [6.45, 7) is 2.01. The van der Waals surface area contributed by atoms with Gasteiger partial charge < -0.3 is 0 Å². The summed E-state index contributed by atoms with van der Waals surface area (Å²) < 4.78 is 41.0. The van der Waals surface area contributed by atoms with Crippen LogP contribution in [0.25, 0.3) is 0 Å². The first-order chi connectivity index (χ1) is 9.47. The number of rotatable bonds is 3. The molecule has 0 aliphatic carbocycles. The Balaban J connectivity index is 1.82. The molecule has 0 bridgehead atoms. The molecule has 1 aromatic rings. The van der Waals surface area contributed by atoms with Gasteiger partial charge in [0.25, 0.3) is 0 Å². The highest BCUT2D eigenvalue weighted by molar-refractivity contribution is 9.10. The van der Waals surface area contributed by atoms with E-state index in [2.05, 4.69) is 25.6 Å². The van der Waals surface area contributed by atoms with Gasteiger partial charge in [-0.05, 0) is 59.9 Å². The fourth-order valence-electron chi connectivity index (χ4n) is 3.18. The summed E-state index contributed by atoms with van der Waals surface area (Å²) in [6.07, 6.45) is 3.00. The fraction of sp³-hybridized carbons (Fsp3) is 0.538. The largest absolute Gasteiger partial charge is 0.299 e. The molecule has 2 aliphatic rings. The lowest BCUT2D eigenvalue weighted by atomic mass is 10.1. The molecule has 4 nitrogen and oxygen atoms in total. The van der Waals surface area contributed by atoms with Gasteiger partial charge in [0.15, 0.2) is 0 Å². The van der Waals surface area contributed by atoms with Crippen LogP contribution in [0, 0.1) is 5.82 Å². The maximum atomic E-state index is 13.1. The zero-order chi connectivity index (χ0) is 14.3. The Kier molecular flexibility index (Phi) is 3.87. The lowest BCUT2D eigenvalue weighted by Crippen LogP contribution is -2.42. The Morgan fingerprint density at radius 3 is 2.85 bits per heavy atom. The molecular formula is C13H16BrFN2O2S. The van der Waals surface area contributed by atoms with E-state index in [9.17, 15) is 12.8 Å². The van der Waals surface area contributed by atoms with Crippen molar-refractivity contribution in [3.63, 3.8) is 0 Å². The summed E-state index contributed by atoms with van der Waals surface area (Å²) in [5.41, 5.74) is 0. The Morgan fingerprint density at radius 2 is 2.10 bits per heavy atom. The van der Waals surface area contributed by atoms with Crippen molar-refractivity contribution >= 4 is 26.0 Å². The molecule has 0 amide bonds. The molecule has 110 valence electrons. The van der Waals surface area contributed by atoms with Crippen molar-refractivity contribution in [1.82, 2.24) is 9.62 Å². The van der Waals surface area contributed by atoms with E-state index in [1.165, 1.54) is 12.1 Å². The van der Waals surface area contributed by atoms with Crippen molar-refractivity contribution in [1.29, 1.82) is 0 Å². The van der Waals surface area contributed by atoms with Crippen molar-refractivity contribution in [2.75, 3.05) is 13.1 Å². The smallest absolute Gasteiger partial charge is 0.241 e. The Labute approximate surface area is 126 Å². The number of halogens is 2. The van der Waals surface area contributed by atoms with E-state index in [-0.39, 0.29) is 15.4 Å². The molecular weight excluding hydrogens is 347 g/mol. The van der Waals surface area contributed by atoms with Gasteiger partial charge in [-0.25, -0.2) is 17.5 Å². The van der Waals surface area contributed by atoms with E-state index < -0.39 is 15.8 Å². The number of benzene rings is 1. The van der Waals surface area contributed by atoms with Crippen LogP contribution in [-0.2, 0) is 10.0 Å². The second-order valence-electron chi connectivity index (χ2n) is 5.34. The molecule has 2 atom stereocenters. The van der Waals surface area contributed by atoms with Crippen LogP contribution in [-0.4, -0.2) is 38.5 Å². The molecule has 1 N–H and O–H groups in total. The molecule has 2 unspecified atom stereocenters. The van der Waals surface area contributed by atoms with Gasteiger partial charge in [0, 0.05) is 23.1 Å². The van der Waals surface area contributed by atoms with Gasteiger partial charge in [0.05, 0.1) is 4.90 Å². The molecule has 2 saturated heterocycles. The first-order valence-corrected chi connectivity index (χ1v) is 8.96. The monoisotopic (exact) mass is 362 g/mol. The Morgan fingerprint density at radius 1 is 1.30 bits per heavy atom. The van der Waals surface area contributed by atoms with Gasteiger partial charge in [-0.3, -0.25) is 4.90 Å². The van der Waals surface area contributed by atoms with Crippen molar-refractivity contribution in [3.05, 3.63) is 28.5 Å². The third kappa shape index (κ3) is 2.64. The van der Waals surface area contributed by atoms with Crippen LogP contribution in [0.5, 0.6) is 0 Å². The molecule has 3 rings (SSSR count). The predicted molar refractivity (Wildman–Crippen MR) is 77.4 cm³/mol. The highest BCUT2D eigenvalue weighted by atomic mass is 79.9. The van der Waals surface area contributed by atoms with E-state index in [4.69, 9.17) is 0 Å². The minimum atomic E-state index is -3.62. The van der Waals surface area contributed by atoms with Crippen LogP contribution in [0.2, 0.25) is 0 Å². The van der Waals surface area contributed by atoms with Crippen molar-refractivity contribution in [2.45, 2.75) is 36.2 Å². The highest BCUT2D eigenvalue weighted by Gasteiger charge is 2.39. The topological polar surface area (TPSA) is 49.4 Å². The fourth-order valence-corrected chi connectivity index (χ4v) is 5.53. The second-order valence-corrected chi connectivity index (χ2v) is 7.87. The average molecular weight is 363 g/mol. The Hall–Kier alpha value is -0.500. The third-order valence-electron chi connectivity index (χ3n) is 4.10. The summed E-state index contributed by atoms with van der Waals surface area (Å²) in [7, 11) is -3.62. The number of hydrogen-bond donors (Lipinski definition) is 1. The summed E-state index contributed by atoms with van der Waals surface area (Å²) in [5, 5.41) is 0. The van der Waals surface area contributed by atoms with Crippen molar-refractivity contribution in [2.24, 2.45) is 0 Å². The SMILES string of the molecule is O=S(=O)(NC1CCN2CCCC12)c1ccc(F)cc1Br. The lowest BCUT2D eigenvalue weighted by molar-refractivity contribution is 0.309. The standard InChI is InChI=1S/C13H16BrFN2O2S/c14-10-8-9(15)3-4-13(10)20(18,19)16-11-5-7-17-6-1-2-12(11)17/h3-4,8,11-12,16H,1-2,5-7H2. The van der Waals surface area contributed by atoms with Crippen LogP contribution in [0.3, 0.4) is 0 Å². The zero-order valence-electron chi connectivity index (χ0n) is 10.9. The first kappa shape index (κ1) is 14.4. The minimum absolute atomic E-state index is 0.0422. The maximum Gasteiger partial charge on any atom is 0.241 e. The highest BCUT2D eigenvalue weighted by Crippen LogP contribution is 2.30. The molecule has 0 saturated carbocycles. The van der Waals surface area contributed by atoms with Gasteiger partial charge in [0.1, 0.15) is 5.82 Å². The van der Waals surface area contributed by atoms with Gasteiger partial charge in [0.2, 0.25) is 10.0 Å². The average Bonchev–Trinajstić information content (AvgIpc) is 2.93. The molecule has 0 radical (unpaired) electrons. The number of nitrogens with zero attached hydrogens (tertiary/aromatic N) is 1. The Bertz CT molecular complexity index is 623. The lowest BCUT2D eigenvalue weighted by Gasteiger charge is -2.21. The summed E-state index contributed by atoms with van der Waals surface area (Å²) in [4.78, 5) is 2.43.